The predicted molar refractivity (Wildman–Crippen MR) is 45.3 cm³/mol. The number of hydrogen-bond acceptors (Lipinski definition) is 2. The smallest absolute Gasteiger partial charge is 0.0935 e. The van der Waals surface area contributed by atoms with E-state index in [0.717, 1.165) is 12.8 Å². The highest BCUT2D eigenvalue weighted by molar-refractivity contribution is 5.09. The first-order valence-electron chi connectivity index (χ1n) is 3.94. The molecule has 11 heavy (non-hydrogen) atoms. The molecule has 0 amide bonds. The van der Waals surface area contributed by atoms with Crippen LogP contribution in [0.5, 0.6) is 0 Å². The zero-order valence-corrected chi connectivity index (χ0v) is 7.13. The van der Waals surface area contributed by atoms with Gasteiger partial charge in [-0.15, -0.1) is 0 Å². The van der Waals surface area contributed by atoms with Gasteiger partial charge < -0.3 is 10.2 Å². The number of hydrogen-bond donors (Lipinski definition) is 1. The lowest BCUT2D eigenvalue weighted by atomic mass is 9.93. The van der Waals surface area contributed by atoms with Crippen LogP contribution in [0.4, 0.5) is 0 Å². The summed E-state index contributed by atoms with van der Waals surface area (Å²) in [7, 11) is 0. The van der Waals surface area contributed by atoms with Gasteiger partial charge in [-0.3, -0.25) is 0 Å². The van der Waals surface area contributed by atoms with Crippen LogP contribution in [0.15, 0.2) is 23.0 Å². The largest absolute Gasteiger partial charge is 0.472 e. The Morgan fingerprint density at radius 2 is 2.36 bits per heavy atom. The summed E-state index contributed by atoms with van der Waals surface area (Å²) in [5, 5.41) is 0. The quantitative estimate of drug-likeness (QED) is 0.720. The maximum atomic E-state index is 5.97. The van der Waals surface area contributed by atoms with E-state index in [1.165, 1.54) is 5.56 Å². The standard InChI is InChI=1S/C9H15NO/c1-3-9(2,10)6-8-4-5-11-7-8/h4-5,7H,3,6,10H2,1-2H3. The molecule has 62 valence electrons. The third-order valence-corrected chi connectivity index (χ3v) is 2.00. The van der Waals surface area contributed by atoms with Gasteiger partial charge in [0.05, 0.1) is 12.5 Å². The van der Waals surface area contributed by atoms with Crippen molar-refractivity contribution in [2.75, 3.05) is 0 Å². The van der Waals surface area contributed by atoms with Crippen LogP contribution in [-0.2, 0) is 6.42 Å². The average molecular weight is 153 g/mol. The van der Waals surface area contributed by atoms with Crippen molar-refractivity contribution in [2.24, 2.45) is 5.73 Å². The van der Waals surface area contributed by atoms with Crippen LogP contribution in [-0.4, -0.2) is 5.54 Å². The Labute approximate surface area is 67.4 Å². The van der Waals surface area contributed by atoms with Gasteiger partial charge in [-0.1, -0.05) is 6.92 Å². The third-order valence-electron chi connectivity index (χ3n) is 2.00. The molecule has 1 rings (SSSR count). The summed E-state index contributed by atoms with van der Waals surface area (Å²) in [5.41, 5.74) is 7.05. The first kappa shape index (κ1) is 8.34. The highest BCUT2D eigenvalue weighted by Crippen LogP contribution is 2.13. The summed E-state index contributed by atoms with van der Waals surface area (Å²) in [6, 6.07) is 1.96. The van der Waals surface area contributed by atoms with E-state index in [1.807, 2.05) is 6.07 Å². The van der Waals surface area contributed by atoms with E-state index in [2.05, 4.69) is 13.8 Å². The molecule has 0 aliphatic rings. The fraction of sp³-hybridized carbons (Fsp3) is 0.556. The predicted octanol–water partition coefficient (Wildman–Crippen LogP) is 1.95. The molecule has 0 aliphatic heterocycles. The molecule has 0 radical (unpaired) electrons. The van der Waals surface area contributed by atoms with Gasteiger partial charge in [-0.05, 0) is 31.4 Å². The second kappa shape index (κ2) is 3.09. The van der Waals surface area contributed by atoms with Crippen LogP contribution >= 0.6 is 0 Å². The summed E-state index contributed by atoms with van der Waals surface area (Å²) in [5.74, 6) is 0. The SMILES string of the molecule is CCC(C)(N)Cc1ccoc1. The molecule has 0 aromatic carbocycles. The fourth-order valence-electron chi connectivity index (χ4n) is 0.985. The van der Waals surface area contributed by atoms with Gasteiger partial charge in [0, 0.05) is 5.54 Å². The zero-order valence-electron chi connectivity index (χ0n) is 7.13. The monoisotopic (exact) mass is 153 g/mol. The van der Waals surface area contributed by atoms with Crippen molar-refractivity contribution in [1.29, 1.82) is 0 Å². The molecule has 2 N–H and O–H groups in total. The fourth-order valence-corrected chi connectivity index (χ4v) is 0.985. The Hall–Kier alpha value is -0.760. The Kier molecular flexibility index (Phi) is 2.35. The van der Waals surface area contributed by atoms with E-state index in [9.17, 15) is 0 Å². The summed E-state index contributed by atoms with van der Waals surface area (Å²) < 4.78 is 4.95. The summed E-state index contributed by atoms with van der Waals surface area (Å²) in [4.78, 5) is 0. The van der Waals surface area contributed by atoms with Crippen molar-refractivity contribution in [2.45, 2.75) is 32.2 Å². The van der Waals surface area contributed by atoms with Crippen molar-refractivity contribution in [3.63, 3.8) is 0 Å². The molecule has 0 bridgehead atoms. The van der Waals surface area contributed by atoms with Gasteiger partial charge in [0.2, 0.25) is 0 Å². The molecule has 1 heterocycles. The molecular formula is C9H15NO. The van der Waals surface area contributed by atoms with E-state index in [4.69, 9.17) is 10.2 Å². The van der Waals surface area contributed by atoms with Crippen molar-refractivity contribution in [3.05, 3.63) is 24.2 Å². The molecular weight excluding hydrogens is 138 g/mol. The summed E-state index contributed by atoms with van der Waals surface area (Å²) in [6.45, 7) is 4.15. The topological polar surface area (TPSA) is 39.2 Å². The molecule has 2 nitrogen and oxygen atoms in total. The molecule has 1 aromatic rings. The molecule has 1 unspecified atom stereocenters. The molecule has 1 atom stereocenters. The maximum Gasteiger partial charge on any atom is 0.0935 e. The zero-order chi connectivity index (χ0) is 8.32. The van der Waals surface area contributed by atoms with Crippen LogP contribution in [0.25, 0.3) is 0 Å². The molecule has 0 fully saturated rings. The lowest BCUT2D eigenvalue weighted by Crippen LogP contribution is -2.37. The van der Waals surface area contributed by atoms with Crippen LogP contribution in [0.3, 0.4) is 0 Å². The summed E-state index contributed by atoms with van der Waals surface area (Å²) in [6.07, 6.45) is 5.31. The Morgan fingerprint density at radius 3 is 2.82 bits per heavy atom. The average Bonchev–Trinajstić information content (AvgIpc) is 2.39. The van der Waals surface area contributed by atoms with Gasteiger partial charge >= 0.3 is 0 Å². The van der Waals surface area contributed by atoms with Gasteiger partial charge in [-0.25, -0.2) is 0 Å². The van der Waals surface area contributed by atoms with Gasteiger partial charge in [0.15, 0.2) is 0 Å². The lowest BCUT2D eigenvalue weighted by Gasteiger charge is -2.21. The van der Waals surface area contributed by atoms with E-state index in [0.29, 0.717) is 0 Å². The van der Waals surface area contributed by atoms with E-state index >= 15 is 0 Å². The minimum Gasteiger partial charge on any atom is -0.472 e. The minimum atomic E-state index is -0.0934. The van der Waals surface area contributed by atoms with E-state index < -0.39 is 0 Å². The van der Waals surface area contributed by atoms with Crippen LogP contribution < -0.4 is 5.73 Å². The van der Waals surface area contributed by atoms with Crippen molar-refractivity contribution >= 4 is 0 Å². The third kappa shape index (κ3) is 2.39. The number of furan rings is 1. The molecule has 0 aliphatic carbocycles. The molecule has 0 saturated heterocycles. The molecule has 0 saturated carbocycles. The second-order valence-corrected chi connectivity index (χ2v) is 3.32. The van der Waals surface area contributed by atoms with Gasteiger partial charge in [0.1, 0.15) is 0 Å². The normalized spacial score (nSPS) is 16.3. The van der Waals surface area contributed by atoms with Crippen molar-refractivity contribution in [1.82, 2.24) is 0 Å². The first-order chi connectivity index (χ1) is 5.14. The van der Waals surface area contributed by atoms with Gasteiger partial charge in [0.25, 0.3) is 0 Å². The summed E-state index contributed by atoms with van der Waals surface area (Å²) >= 11 is 0. The highest BCUT2D eigenvalue weighted by atomic mass is 16.3. The highest BCUT2D eigenvalue weighted by Gasteiger charge is 2.16. The molecule has 1 aromatic heterocycles. The minimum absolute atomic E-state index is 0.0934. The Bertz CT molecular complexity index is 201. The molecule has 2 heteroatoms. The number of nitrogens with two attached hydrogens (primary N) is 1. The lowest BCUT2D eigenvalue weighted by molar-refractivity contribution is 0.446. The second-order valence-electron chi connectivity index (χ2n) is 3.32. The van der Waals surface area contributed by atoms with Crippen molar-refractivity contribution in [3.8, 4) is 0 Å². The maximum absolute atomic E-state index is 5.97. The van der Waals surface area contributed by atoms with Crippen LogP contribution in [0, 0.1) is 0 Å². The van der Waals surface area contributed by atoms with Gasteiger partial charge in [-0.2, -0.15) is 0 Å². The van der Waals surface area contributed by atoms with Crippen molar-refractivity contribution < 1.29 is 4.42 Å². The Morgan fingerprint density at radius 1 is 1.64 bits per heavy atom. The molecule has 0 spiro atoms. The van der Waals surface area contributed by atoms with Crippen LogP contribution in [0.2, 0.25) is 0 Å². The first-order valence-corrected chi connectivity index (χ1v) is 3.94. The van der Waals surface area contributed by atoms with Crippen LogP contribution in [0.1, 0.15) is 25.8 Å². The van der Waals surface area contributed by atoms with E-state index in [1.54, 1.807) is 12.5 Å². The Balaban J connectivity index is 2.56. The number of rotatable bonds is 3. The van der Waals surface area contributed by atoms with E-state index in [-0.39, 0.29) is 5.54 Å².